The van der Waals surface area contributed by atoms with Crippen LogP contribution in [0.5, 0.6) is 0 Å². The first-order valence-corrected chi connectivity index (χ1v) is 11.7. The van der Waals surface area contributed by atoms with Crippen LogP contribution >= 0.6 is 0 Å². The fourth-order valence-corrected chi connectivity index (χ4v) is 0.222. The van der Waals surface area contributed by atoms with Gasteiger partial charge in [0.2, 0.25) is 0 Å². The van der Waals surface area contributed by atoms with Gasteiger partial charge >= 0.3 is 0 Å². The number of hydrogen-bond acceptors (Lipinski definition) is 0. The molecule has 26 heavy (non-hydrogen) atoms. The van der Waals surface area contributed by atoms with E-state index in [2.05, 4.69) is 13.2 Å². The quantitative estimate of drug-likeness (QED) is 0.313. The maximum atomic E-state index is 3.00. The van der Waals surface area contributed by atoms with Gasteiger partial charge in [0.05, 0.1) is 0 Å². The zero-order valence-corrected chi connectivity index (χ0v) is 23.7. The highest BCUT2D eigenvalue weighted by Crippen LogP contribution is 1.71. The molecule has 0 spiro atoms. The summed E-state index contributed by atoms with van der Waals surface area (Å²) < 4.78 is 0. The van der Waals surface area contributed by atoms with E-state index in [9.17, 15) is 0 Å². The fraction of sp³-hybridized carbons (Fsp3) is 0.769. The Bertz CT molecular complexity index is 58.1. The second-order valence-corrected chi connectivity index (χ2v) is 1.05. The molecule has 0 heteroatoms. The zero-order chi connectivity index (χ0) is 24.8. The first-order valence-electron chi connectivity index (χ1n) is 11.7. The number of hydrogen-bond donors (Lipinski definition) is 0. The lowest BCUT2D eigenvalue weighted by molar-refractivity contribution is 1.50. The van der Waals surface area contributed by atoms with Gasteiger partial charge in [0.1, 0.15) is 0 Å². The molecule has 0 aliphatic carbocycles. The third-order valence-corrected chi connectivity index (χ3v) is 0.496. The molecule has 0 aromatic rings. The highest BCUT2D eigenvalue weighted by molar-refractivity contribution is 4.98. The molecule has 0 nitrogen and oxygen atoms in total. The van der Waals surface area contributed by atoms with Crippen LogP contribution in [0.3, 0.4) is 0 Å². The zero-order valence-electron chi connectivity index (χ0n) is 23.7. The molecule has 172 valence electrons. The van der Waals surface area contributed by atoms with Crippen LogP contribution in [0.2, 0.25) is 0 Å². The first-order chi connectivity index (χ1) is 12.9. The minimum atomic E-state index is 2.00. The maximum absolute atomic E-state index is 3.00. The summed E-state index contributed by atoms with van der Waals surface area (Å²) >= 11 is 0. The first kappa shape index (κ1) is 73.2. The van der Waals surface area contributed by atoms with Crippen molar-refractivity contribution in [3.8, 4) is 0 Å². The van der Waals surface area contributed by atoms with Gasteiger partial charge in [-0.2, -0.15) is 0 Å². The Kier molecular flexibility index (Phi) is 3540. The van der Waals surface area contributed by atoms with Gasteiger partial charge in [-0.1, -0.05) is 149 Å². The summed E-state index contributed by atoms with van der Waals surface area (Å²) in [5.41, 5.74) is 0. The minimum Gasteiger partial charge on any atom is -0.106 e. The summed E-state index contributed by atoms with van der Waals surface area (Å²) in [6.45, 7) is 46.0. The van der Waals surface area contributed by atoms with Gasteiger partial charge in [0, 0.05) is 0 Å². The van der Waals surface area contributed by atoms with E-state index in [4.69, 9.17) is 0 Å². The van der Waals surface area contributed by atoms with Crippen molar-refractivity contribution in [3.63, 3.8) is 0 Å². The van der Waals surface area contributed by atoms with E-state index in [1.165, 1.54) is 0 Å². The van der Waals surface area contributed by atoms with E-state index in [-0.39, 0.29) is 0 Å². The molecule has 0 saturated heterocycles. The monoisotopic (exact) mass is 381 g/mol. The Hall–Kier alpha value is -0.780. The average molecular weight is 381 g/mol. The lowest BCUT2D eigenvalue weighted by atomic mass is 10.5. The summed E-state index contributed by atoms with van der Waals surface area (Å²) in [5.74, 6) is 0. The molecule has 0 aliphatic rings. The van der Waals surface area contributed by atoms with Crippen molar-refractivity contribution in [2.75, 3.05) is 0 Å². The molecular formula is C26H68. The van der Waals surface area contributed by atoms with Crippen LogP contribution in [-0.2, 0) is 0 Å². The topological polar surface area (TPSA) is 0 Å². The Labute approximate surface area is 176 Å². The van der Waals surface area contributed by atoms with E-state index in [1.807, 2.05) is 163 Å². The van der Waals surface area contributed by atoms with Gasteiger partial charge < -0.3 is 0 Å². The second-order valence-electron chi connectivity index (χ2n) is 1.05. The summed E-state index contributed by atoms with van der Waals surface area (Å²) in [4.78, 5) is 0. The predicted octanol–water partition coefficient (Wildman–Crippen LogP) is 12.2. The standard InChI is InChI=1S/C6H10.9C2H6.C2H4/c1-3-5-6-4-2;10*1-2/h3-6H,1-2H3;9*1-2H3;1-2H2/b5-3+,6-4+;;;;;;;;;;. The number of allylic oxidation sites excluding steroid dienone is 4. The van der Waals surface area contributed by atoms with Crippen LogP contribution in [0.1, 0.15) is 138 Å². The van der Waals surface area contributed by atoms with Gasteiger partial charge in [-0.15, -0.1) is 13.2 Å². The normalized spacial score (nSPS) is 4.92. The fourth-order valence-electron chi connectivity index (χ4n) is 0.222. The van der Waals surface area contributed by atoms with E-state index < -0.39 is 0 Å². The van der Waals surface area contributed by atoms with Gasteiger partial charge in [0.15, 0.2) is 0 Å². The molecule has 0 N–H and O–H groups in total. The molecular weight excluding hydrogens is 312 g/mol. The summed E-state index contributed by atoms with van der Waals surface area (Å²) in [6, 6.07) is 0. The molecule has 0 aromatic heterocycles. The highest BCUT2D eigenvalue weighted by Gasteiger charge is 1.48. The molecule has 0 bridgehead atoms. The van der Waals surface area contributed by atoms with Crippen LogP contribution in [0, 0.1) is 0 Å². The van der Waals surface area contributed by atoms with Crippen molar-refractivity contribution in [1.82, 2.24) is 0 Å². The third-order valence-electron chi connectivity index (χ3n) is 0.496. The van der Waals surface area contributed by atoms with Crippen LogP contribution in [-0.4, -0.2) is 0 Å². The second kappa shape index (κ2) is 1260. The van der Waals surface area contributed by atoms with Gasteiger partial charge in [-0.3, -0.25) is 0 Å². The highest BCUT2D eigenvalue weighted by atomic mass is 13.6. The molecule has 0 rings (SSSR count). The van der Waals surface area contributed by atoms with E-state index >= 15 is 0 Å². The summed E-state index contributed by atoms with van der Waals surface area (Å²) in [5, 5.41) is 0. The van der Waals surface area contributed by atoms with Gasteiger partial charge in [-0.05, 0) is 13.8 Å². The van der Waals surface area contributed by atoms with Crippen LogP contribution in [0.15, 0.2) is 37.5 Å². The molecule has 0 radical (unpaired) electrons. The van der Waals surface area contributed by atoms with Crippen molar-refractivity contribution >= 4 is 0 Å². The number of rotatable bonds is 1. The Balaban J connectivity index is -0.0000000111. The average Bonchev–Trinajstić information content (AvgIpc) is 2.85. The van der Waals surface area contributed by atoms with Gasteiger partial charge in [-0.25, -0.2) is 0 Å². The lowest BCUT2D eigenvalue weighted by Gasteiger charge is -1.62. The molecule has 0 heterocycles. The van der Waals surface area contributed by atoms with E-state index in [0.29, 0.717) is 0 Å². The maximum Gasteiger partial charge on any atom is -0.0467 e. The predicted molar refractivity (Wildman–Crippen MR) is 143 cm³/mol. The summed E-state index contributed by atoms with van der Waals surface area (Å²) in [6.07, 6.45) is 8.00. The Morgan fingerprint density at radius 3 is 0.423 bits per heavy atom. The van der Waals surface area contributed by atoms with Gasteiger partial charge in [0.25, 0.3) is 0 Å². The molecule has 0 aromatic carbocycles. The van der Waals surface area contributed by atoms with Crippen molar-refractivity contribution in [1.29, 1.82) is 0 Å². The molecule has 0 saturated carbocycles. The van der Waals surface area contributed by atoms with Crippen molar-refractivity contribution < 1.29 is 0 Å². The van der Waals surface area contributed by atoms with E-state index in [1.54, 1.807) is 0 Å². The molecule has 0 unspecified atom stereocenters. The van der Waals surface area contributed by atoms with Crippen LogP contribution < -0.4 is 0 Å². The molecule has 0 amide bonds. The van der Waals surface area contributed by atoms with Crippen LogP contribution in [0.25, 0.3) is 0 Å². The molecule has 0 fully saturated rings. The largest absolute Gasteiger partial charge is 0.106 e. The SMILES string of the molecule is C/C=C/C=C/C.C=C.CC.CC.CC.CC.CC.CC.CC.CC.CC. The molecule has 0 atom stereocenters. The van der Waals surface area contributed by atoms with Crippen molar-refractivity contribution in [2.24, 2.45) is 0 Å². The third kappa shape index (κ3) is 2330. The van der Waals surface area contributed by atoms with Crippen LogP contribution in [0.4, 0.5) is 0 Å². The Morgan fingerprint density at radius 2 is 0.385 bits per heavy atom. The summed E-state index contributed by atoms with van der Waals surface area (Å²) in [7, 11) is 0. The molecule has 0 aliphatic heterocycles. The lowest BCUT2D eigenvalue weighted by Crippen LogP contribution is -1.40. The smallest absolute Gasteiger partial charge is 0.0467 e. The van der Waals surface area contributed by atoms with Crippen molar-refractivity contribution in [2.45, 2.75) is 138 Å². The Morgan fingerprint density at radius 1 is 0.308 bits per heavy atom. The van der Waals surface area contributed by atoms with Crippen molar-refractivity contribution in [3.05, 3.63) is 37.5 Å². The minimum absolute atomic E-state index is 2.00. The van der Waals surface area contributed by atoms with E-state index in [0.717, 1.165) is 0 Å².